The quantitative estimate of drug-likeness (QED) is 0.469. The van der Waals surface area contributed by atoms with Crippen LogP contribution in [0.5, 0.6) is 0 Å². The number of aryl methyl sites for hydroxylation is 1. The van der Waals surface area contributed by atoms with E-state index in [0.717, 1.165) is 16.9 Å². The van der Waals surface area contributed by atoms with E-state index in [0.29, 0.717) is 17.9 Å². The van der Waals surface area contributed by atoms with Gasteiger partial charge in [-0.1, -0.05) is 31.2 Å². The van der Waals surface area contributed by atoms with Crippen molar-refractivity contribution in [3.8, 4) is 0 Å². The molecule has 3 amide bonds. The van der Waals surface area contributed by atoms with Crippen LogP contribution >= 0.6 is 0 Å². The van der Waals surface area contributed by atoms with E-state index < -0.39 is 0 Å². The summed E-state index contributed by atoms with van der Waals surface area (Å²) in [5, 5.41) is 8.53. The Kier molecular flexibility index (Phi) is 9.21. The lowest BCUT2D eigenvalue weighted by atomic mass is 10.1. The third-order valence-electron chi connectivity index (χ3n) is 5.08. The van der Waals surface area contributed by atoms with Crippen molar-refractivity contribution in [2.45, 2.75) is 40.2 Å². The number of hydrogen-bond donors (Lipinski definition) is 4. The molecule has 2 aromatic carbocycles. The van der Waals surface area contributed by atoms with Crippen LogP contribution in [0.4, 0.5) is 11.4 Å². The van der Waals surface area contributed by atoms with E-state index in [2.05, 4.69) is 35.0 Å². The molecule has 0 aromatic heterocycles. The minimum Gasteiger partial charge on any atom is -0.345 e. The molecule has 0 heterocycles. The van der Waals surface area contributed by atoms with Crippen molar-refractivity contribution in [1.29, 1.82) is 0 Å². The maximum atomic E-state index is 12.5. The van der Waals surface area contributed by atoms with Gasteiger partial charge in [0.15, 0.2) is 13.1 Å². The summed E-state index contributed by atoms with van der Waals surface area (Å²) in [6.45, 7) is 8.53. The highest BCUT2D eigenvalue weighted by atomic mass is 16.2. The standard InChI is InChI=1S/C24H32N4O3/c1-5-19-7-9-20(10-8-19)17(3)25-23(30)15-28(6-2)16-24(31)27-22-13-11-21(12-14-22)26-18(4)29/h7-14,17H,5-6,15-16H2,1-4H3,(H,25,30)(H,26,29)(H,27,31)/p+1/t17-/m1/s1. The molecular weight excluding hydrogens is 392 g/mol. The Morgan fingerprint density at radius 3 is 1.90 bits per heavy atom. The van der Waals surface area contributed by atoms with Crippen LogP contribution in [0.1, 0.15) is 44.9 Å². The highest BCUT2D eigenvalue weighted by molar-refractivity contribution is 5.92. The molecule has 4 N–H and O–H groups in total. The molecule has 0 radical (unpaired) electrons. The van der Waals surface area contributed by atoms with Crippen molar-refractivity contribution in [2.75, 3.05) is 30.3 Å². The number of nitrogens with one attached hydrogen (secondary N) is 4. The first kappa shape index (κ1) is 24.1. The lowest BCUT2D eigenvalue weighted by molar-refractivity contribution is -0.881. The Morgan fingerprint density at radius 2 is 1.39 bits per heavy atom. The zero-order valence-corrected chi connectivity index (χ0v) is 18.7. The molecule has 1 unspecified atom stereocenters. The Balaban J connectivity index is 1.83. The van der Waals surface area contributed by atoms with E-state index in [9.17, 15) is 14.4 Å². The number of carbonyl (C=O) groups excluding carboxylic acids is 3. The highest BCUT2D eigenvalue weighted by Gasteiger charge is 2.18. The number of anilines is 2. The molecule has 0 fully saturated rings. The molecule has 0 saturated heterocycles. The van der Waals surface area contributed by atoms with E-state index in [-0.39, 0.29) is 36.9 Å². The summed E-state index contributed by atoms with van der Waals surface area (Å²) in [6.07, 6.45) is 0.983. The summed E-state index contributed by atoms with van der Waals surface area (Å²) in [5.74, 6) is -0.402. The molecule has 2 rings (SSSR count). The third-order valence-corrected chi connectivity index (χ3v) is 5.08. The molecule has 2 aromatic rings. The molecule has 0 aliphatic heterocycles. The smallest absolute Gasteiger partial charge is 0.279 e. The van der Waals surface area contributed by atoms with Crippen LogP contribution in [-0.2, 0) is 20.8 Å². The molecule has 166 valence electrons. The van der Waals surface area contributed by atoms with Crippen molar-refractivity contribution >= 4 is 29.1 Å². The minimum atomic E-state index is -0.167. The average Bonchev–Trinajstić information content (AvgIpc) is 2.74. The van der Waals surface area contributed by atoms with E-state index in [1.165, 1.54) is 12.5 Å². The highest BCUT2D eigenvalue weighted by Crippen LogP contribution is 2.14. The Morgan fingerprint density at radius 1 is 0.839 bits per heavy atom. The van der Waals surface area contributed by atoms with E-state index in [4.69, 9.17) is 0 Å². The summed E-state index contributed by atoms with van der Waals surface area (Å²) in [7, 11) is 0. The zero-order chi connectivity index (χ0) is 22.8. The van der Waals surface area contributed by atoms with Gasteiger partial charge in [0.25, 0.3) is 11.8 Å². The largest absolute Gasteiger partial charge is 0.345 e. The lowest BCUT2D eigenvalue weighted by Crippen LogP contribution is -3.14. The van der Waals surface area contributed by atoms with Crippen molar-refractivity contribution < 1.29 is 19.3 Å². The van der Waals surface area contributed by atoms with Gasteiger partial charge in [0.05, 0.1) is 12.6 Å². The Hall–Kier alpha value is -3.19. The molecular formula is C24H33N4O3+. The summed E-state index contributed by atoms with van der Waals surface area (Å²) in [4.78, 5) is 36.8. The third kappa shape index (κ3) is 8.22. The maximum absolute atomic E-state index is 12.5. The zero-order valence-electron chi connectivity index (χ0n) is 18.7. The van der Waals surface area contributed by atoms with Crippen LogP contribution in [0.3, 0.4) is 0 Å². The average molecular weight is 426 g/mol. The fourth-order valence-electron chi connectivity index (χ4n) is 3.23. The van der Waals surface area contributed by atoms with E-state index in [1.54, 1.807) is 24.3 Å². The van der Waals surface area contributed by atoms with Crippen LogP contribution in [0.2, 0.25) is 0 Å². The van der Waals surface area contributed by atoms with E-state index in [1.807, 2.05) is 26.0 Å². The topological polar surface area (TPSA) is 91.7 Å². The fraction of sp³-hybridized carbons (Fsp3) is 0.375. The van der Waals surface area contributed by atoms with Gasteiger partial charge >= 0.3 is 0 Å². The second-order valence-corrected chi connectivity index (χ2v) is 7.65. The first-order chi connectivity index (χ1) is 14.8. The number of carbonyl (C=O) groups is 3. The minimum absolute atomic E-state index is 0.0867. The Bertz CT molecular complexity index is 879. The van der Waals surface area contributed by atoms with Gasteiger partial charge in [-0.3, -0.25) is 14.4 Å². The number of likely N-dealkylation sites (N-methyl/N-ethyl adjacent to an activating group) is 1. The normalized spacial score (nSPS) is 12.5. The second-order valence-electron chi connectivity index (χ2n) is 7.65. The van der Waals surface area contributed by atoms with Gasteiger partial charge in [0.1, 0.15) is 0 Å². The molecule has 0 saturated carbocycles. The van der Waals surface area contributed by atoms with Gasteiger partial charge in [-0.05, 0) is 55.7 Å². The molecule has 0 aliphatic rings. The van der Waals surface area contributed by atoms with Gasteiger partial charge in [0.2, 0.25) is 5.91 Å². The van der Waals surface area contributed by atoms with Crippen LogP contribution < -0.4 is 20.9 Å². The second kappa shape index (κ2) is 11.9. The van der Waals surface area contributed by atoms with Crippen LogP contribution in [0, 0.1) is 0 Å². The van der Waals surface area contributed by atoms with Crippen molar-refractivity contribution in [1.82, 2.24) is 5.32 Å². The van der Waals surface area contributed by atoms with Gasteiger partial charge in [-0.25, -0.2) is 0 Å². The lowest BCUT2D eigenvalue weighted by Gasteiger charge is -2.19. The van der Waals surface area contributed by atoms with Crippen LogP contribution in [0.15, 0.2) is 48.5 Å². The monoisotopic (exact) mass is 425 g/mol. The molecule has 7 nitrogen and oxygen atoms in total. The van der Waals surface area contributed by atoms with Crippen LogP contribution in [-0.4, -0.2) is 37.4 Å². The summed E-state index contributed by atoms with van der Waals surface area (Å²) >= 11 is 0. The number of amides is 3. The number of rotatable bonds is 10. The molecule has 0 bridgehead atoms. The molecule has 0 spiro atoms. The summed E-state index contributed by atoms with van der Waals surface area (Å²) in [5.41, 5.74) is 3.63. The predicted octanol–water partition coefficient (Wildman–Crippen LogP) is 1.93. The maximum Gasteiger partial charge on any atom is 0.279 e. The van der Waals surface area contributed by atoms with Gasteiger partial charge < -0.3 is 20.9 Å². The van der Waals surface area contributed by atoms with Gasteiger partial charge in [-0.15, -0.1) is 0 Å². The summed E-state index contributed by atoms with van der Waals surface area (Å²) in [6, 6.07) is 15.1. The first-order valence-corrected chi connectivity index (χ1v) is 10.7. The van der Waals surface area contributed by atoms with Crippen molar-refractivity contribution in [2.24, 2.45) is 0 Å². The number of hydrogen-bond acceptors (Lipinski definition) is 3. The van der Waals surface area contributed by atoms with E-state index >= 15 is 0 Å². The van der Waals surface area contributed by atoms with Gasteiger partial charge in [0, 0.05) is 18.3 Å². The molecule has 7 heteroatoms. The Labute approximate surface area is 184 Å². The van der Waals surface area contributed by atoms with Gasteiger partial charge in [-0.2, -0.15) is 0 Å². The summed E-state index contributed by atoms with van der Waals surface area (Å²) < 4.78 is 0. The fourth-order valence-corrected chi connectivity index (χ4v) is 3.23. The number of benzene rings is 2. The molecule has 31 heavy (non-hydrogen) atoms. The van der Waals surface area contributed by atoms with Crippen molar-refractivity contribution in [3.05, 3.63) is 59.7 Å². The SMILES string of the molecule is CCc1ccc([C@@H](C)NC(=O)C[NH+](CC)CC(=O)Nc2ccc(NC(C)=O)cc2)cc1. The van der Waals surface area contributed by atoms with Crippen LogP contribution in [0.25, 0.3) is 0 Å². The first-order valence-electron chi connectivity index (χ1n) is 10.7. The van der Waals surface area contributed by atoms with Crippen molar-refractivity contribution in [3.63, 3.8) is 0 Å². The number of quaternary nitrogens is 1. The molecule has 2 atom stereocenters. The molecule has 0 aliphatic carbocycles. The predicted molar refractivity (Wildman–Crippen MR) is 123 cm³/mol.